The SMILES string of the molecule is COc1cccc(C(=O)N(Cc2ccccc2)c2nc3c(C)ccc(C)c3s2)c1. The average Bonchev–Trinajstić information content (AvgIpc) is 3.21. The lowest BCUT2D eigenvalue weighted by Gasteiger charge is -2.20. The van der Waals surface area contributed by atoms with Crippen molar-refractivity contribution in [1.82, 2.24) is 4.98 Å². The molecule has 0 spiro atoms. The molecule has 0 aliphatic carbocycles. The van der Waals surface area contributed by atoms with E-state index in [9.17, 15) is 4.79 Å². The first-order valence-corrected chi connectivity index (χ1v) is 10.2. The van der Waals surface area contributed by atoms with Gasteiger partial charge in [-0.05, 0) is 48.7 Å². The highest BCUT2D eigenvalue weighted by Gasteiger charge is 2.23. The number of aryl methyl sites for hydroxylation is 2. The monoisotopic (exact) mass is 402 g/mol. The van der Waals surface area contributed by atoms with Crippen molar-refractivity contribution in [2.24, 2.45) is 0 Å². The smallest absolute Gasteiger partial charge is 0.260 e. The highest BCUT2D eigenvalue weighted by Crippen LogP contribution is 2.34. The molecule has 0 bridgehead atoms. The Bertz CT molecular complexity index is 1130. The van der Waals surface area contributed by atoms with Gasteiger partial charge in [-0.3, -0.25) is 9.69 Å². The van der Waals surface area contributed by atoms with E-state index in [1.807, 2.05) is 48.5 Å². The van der Waals surface area contributed by atoms with Crippen LogP contribution >= 0.6 is 11.3 Å². The number of fused-ring (bicyclic) bond motifs is 1. The van der Waals surface area contributed by atoms with E-state index in [2.05, 4.69) is 26.0 Å². The number of hydrogen-bond acceptors (Lipinski definition) is 4. The van der Waals surface area contributed by atoms with Crippen LogP contribution in [0.25, 0.3) is 10.2 Å². The fourth-order valence-corrected chi connectivity index (χ4v) is 4.38. The minimum atomic E-state index is -0.0953. The Hall–Kier alpha value is -3.18. The Morgan fingerprint density at radius 1 is 1.00 bits per heavy atom. The number of carbonyl (C=O) groups is 1. The number of hydrogen-bond donors (Lipinski definition) is 0. The van der Waals surface area contributed by atoms with E-state index >= 15 is 0 Å². The molecule has 1 aromatic heterocycles. The molecule has 0 atom stereocenters. The van der Waals surface area contributed by atoms with Crippen LogP contribution in [0.4, 0.5) is 5.13 Å². The number of benzene rings is 3. The molecule has 0 fully saturated rings. The molecule has 0 radical (unpaired) electrons. The first-order valence-electron chi connectivity index (χ1n) is 9.43. The summed E-state index contributed by atoms with van der Waals surface area (Å²) >= 11 is 1.56. The lowest BCUT2D eigenvalue weighted by molar-refractivity contribution is 0.0985. The van der Waals surface area contributed by atoms with Crippen molar-refractivity contribution in [2.45, 2.75) is 20.4 Å². The van der Waals surface area contributed by atoms with Gasteiger partial charge in [0.25, 0.3) is 5.91 Å². The molecule has 0 aliphatic rings. The lowest BCUT2D eigenvalue weighted by atomic mass is 10.1. The molecule has 0 saturated heterocycles. The van der Waals surface area contributed by atoms with E-state index < -0.39 is 0 Å². The van der Waals surface area contributed by atoms with Gasteiger partial charge in [0.2, 0.25) is 0 Å². The summed E-state index contributed by atoms with van der Waals surface area (Å²) in [6.07, 6.45) is 0. The third-order valence-corrected chi connectivity index (χ3v) is 6.12. The molecule has 4 aromatic rings. The van der Waals surface area contributed by atoms with Gasteiger partial charge in [0.1, 0.15) is 5.75 Å². The molecule has 4 nitrogen and oxygen atoms in total. The number of amides is 1. The standard InChI is InChI=1S/C24H22N2O2S/c1-16-12-13-17(2)22-21(16)25-24(29-22)26(15-18-8-5-4-6-9-18)23(27)19-10-7-11-20(14-19)28-3/h4-14H,15H2,1-3H3. The van der Waals surface area contributed by atoms with Gasteiger partial charge in [0, 0.05) is 5.56 Å². The molecule has 0 saturated carbocycles. The van der Waals surface area contributed by atoms with Crippen molar-refractivity contribution in [3.63, 3.8) is 0 Å². The highest BCUT2D eigenvalue weighted by molar-refractivity contribution is 7.22. The minimum absolute atomic E-state index is 0.0953. The maximum atomic E-state index is 13.5. The van der Waals surface area contributed by atoms with E-state index in [0.717, 1.165) is 21.3 Å². The third kappa shape index (κ3) is 3.87. The summed E-state index contributed by atoms with van der Waals surface area (Å²) < 4.78 is 6.43. The Labute approximate surface area is 174 Å². The maximum absolute atomic E-state index is 13.5. The Kier molecular flexibility index (Phi) is 5.32. The lowest BCUT2D eigenvalue weighted by Crippen LogP contribution is -2.30. The van der Waals surface area contributed by atoms with Crippen molar-refractivity contribution in [1.29, 1.82) is 0 Å². The topological polar surface area (TPSA) is 42.4 Å². The first-order chi connectivity index (χ1) is 14.1. The third-order valence-electron chi connectivity index (χ3n) is 4.91. The van der Waals surface area contributed by atoms with Crippen LogP contribution in [-0.2, 0) is 6.54 Å². The fourth-order valence-electron chi connectivity index (χ4n) is 3.27. The fraction of sp³-hybridized carbons (Fsp3) is 0.167. The molecule has 0 aliphatic heterocycles. The molecule has 29 heavy (non-hydrogen) atoms. The molecule has 5 heteroatoms. The number of anilines is 1. The van der Waals surface area contributed by atoms with Crippen LogP contribution in [0.5, 0.6) is 5.75 Å². The second kappa shape index (κ2) is 8.05. The number of methoxy groups -OCH3 is 1. The largest absolute Gasteiger partial charge is 0.497 e. The van der Waals surface area contributed by atoms with Gasteiger partial charge >= 0.3 is 0 Å². The average molecular weight is 403 g/mol. The molecule has 1 amide bonds. The second-order valence-corrected chi connectivity index (χ2v) is 7.96. The van der Waals surface area contributed by atoms with Gasteiger partial charge in [0.05, 0.1) is 23.9 Å². The van der Waals surface area contributed by atoms with Gasteiger partial charge in [-0.25, -0.2) is 4.98 Å². The van der Waals surface area contributed by atoms with Crippen LogP contribution in [0, 0.1) is 13.8 Å². The van der Waals surface area contributed by atoms with Crippen LogP contribution < -0.4 is 9.64 Å². The van der Waals surface area contributed by atoms with Gasteiger partial charge in [0.15, 0.2) is 5.13 Å². The molecule has 3 aromatic carbocycles. The van der Waals surface area contributed by atoms with Crippen molar-refractivity contribution < 1.29 is 9.53 Å². The molecule has 0 N–H and O–H groups in total. The van der Waals surface area contributed by atoms with Crippen LogP contribution in [0.15, 0.2) is 66.7 Å². The number of rotatable bonds is 5. The minimum Gasteiger partial charge on any atom is -0.497 e. The molecule has 0 unspecified atom stereocenters. The zero-order chi connectivity index (χ0) is 20.4. The van der Waals surface area contributed by atoms with Crippen molar-refractivity contribution in [3.05, 3.63) is 89.0 Å². The van der Waals surface area contributed by atoms with Gasteiger partial charge < -0.3 is 4.74 Å². The summed E-state index contributed by atoms with van der Waals surface area (Å²) in [4.78, 5) is 20.1. The molecule has 1 heterocycles. The zero-order valence-corrected chi connectivity index (χ0v) is 17.5. The first kappa shape index (κ1) is 19.2. The highest BCUT2D eigenvalue weighted by atomic mass is 32.1. The van der Waals surface area contributed by atoms with Crippen molar-refractivity contribution in [3.8, 4) is 5.75 Å². The number of ether oxygens (including phenoxy) is 1. The van der Waals surface area contributed by atoms with Gasteiger partial charge in [-0.15, -0.1) is 0 Å². The number of thiazole rings is 1. The van der Waals surface area contributed by atoms with E-state index in [-0.39, 0.29) is 5.91 Å². The predicted molar refractivity (Wildman–Crippen MR) is 119 cm³/mol. The Balaban J connectivity index is 1.81. The number of carbonyl (C=O) groups excluding carboxylic acids is 1. The summed E-state index contributed by atoms with van der Waals surface area (Å²) in [7, 11) is 1.60. The van der Waals surface area contributed by atoms with Crippen molar-refractivity contribution in [2.75, 3.05) is 12.0 Å². The molecule has 4 rings (SSSR count). The van der Waals surface area contributed by atoms with E-state index in [4.69, 9.17) is 9.72 Å². The summed E-state index contributed by atoms with van der Waals surface area (Å²) in [6.45, 7) is 4.58. The van der Waals surface area contributed by atoms with Crippen LogP contribution in [0.1, 0.15) is 27.0 Å². The molecule has 146 valence electrons. The molecular formula is C24H22N2O2S. The second-order valence-electron chi connectivity index (χ2n) is 6.98. The predicted octanol–water partition coefficient (Wildman–Crippen LogP) is 5.77. The summed E-state index contributed by atoms with van der Waals surface area (Å²) in [6, 6.07) is 21.4. The number of aromatic nitrogens is 1. The normalized spacial score (nSPS) is 10.9. The summed E-state index contributed by atoms with van der Waals surface area (Å²) in [5.74, 6) is 0.564. The van der Waals surface area contributed by atoms with Crippen molar-refractivity contribution >= 4 is 32.6 Å². The van der Waals surface area contributed by atoms with Gasteiger partial charge in [-0.2, -0.15) is 0 Å². The molecular weight excluding hydrogens is 380 g/mol. The van der Waals surface area contributed by atoms with Crippen LogP contribution in [0.3, 0.4) is 0 Å². The van der Waals surface area contributed by atoms with E-state index in [1.165, 1.54) is 5.56 Å². The summed E-state index contributed by atoms with van der Waals surface area (Å²) in [5, 5.41) is 0.703. The maximum Gasteiger partial charge on any atom is 0.260 e. The van der Waals surface area contributed by atoms with E-state index in [1.54, 1.807) is 29.4 Å². The van der Waals surface area contributed by atoms with Gasteiger partial charge in [-0.1, -0.05) is 59.9 Å². The van der Waals surface area contributed by atoms with E-state index in [0.29, 0.717) is 23.0 Å². The summed E-state index contributed by atoms with van der Waals surface area (Å²) in [5.41, 5.74) is 4.87. The quantitative estimate of drug-likeness (QED) is 0.426. The zero-order valence-electron chi connectivity index (χ0n) is 16.7. The van der Waals surface area contributed by atoms with Crippen LogP contribution in [0.2, 0.25) is 0 Å². The van der Waals surface area contributed by atoms with Crippen LogP contribution in [-0.4, -0.2) is 18.0 Å². The Morgan fingerprint density at radius 2 is 1.76 bits per heavy atom. The number of nitrogens with zero attached hydrogens (tertiary/aromatic N) is 2. The Morgan fingerprint density at radius 3 is 2.48 bits per heavy atom.